The maximum atomic E-state index is 14.4. The molecule has 37 heavy (non-hydrogen) atoms. The molecular weight excluding hydrogens is 482 g/mol. The van der Waals surface area contributed by atoms with Gasteiger partial charge in [-0.05, 0) is 60.7 Å². The molecule has 2 N–H and O–H groups in total. The molecule has 2 amide bonds. The number of halogens is 2. The Morgan fingerprint density at radius 2 is 1.73 bits per heavy atom. The number of amides is 2. The van der Waals surface area contributed by atoms with E-state index in [0.29, 0.717) is 37.1 Å². The van der Waals surface area contributed by atoms with E-state index in [9.17, 15) is 28.5 Å². The van der Waals surface area contributed by atoms with Crippen LogP contribution in [0.2, 0.25) is 0 Å². The van der Waals surface area contributed by atoms with Crippen molar-refractivity contribution in [2.45, 2.75) is 18.8 Å². The molecule has 0 spiro atoms. The predicted molar refractivity (Wildman–Crippen MR) is 134 cm³/mol. The minimum atomic E-state index is -0.827. The quantitative estimate of drug-likeness (QED) is 0.271. The standard InChI is InChI=1S/C27H22F2N4O4/c28-20-11-19(12-22(14-20)33(36)37)27(35)32-9-6-17(7-10-32)16-1-3-21(4-2-16)31-26(34)23-13-18-5-8-30-25(18)15-24(23)29/h1-5,8,11-15,17,30H,6-7,9-10H2,(H,31,34). The molecule has 10 heteroatoms. The van der Waals surface area contributed by atoms with Gasteiger partial charge in [-0.2, -0.15) is 0 Å². The summed E-state index contributed by atoms with van der Waals surface area (Å²) in [5, 5.41) is 14.4. The summed E-state index contributed by atoms with van der Waals surface area (Å²) in [5.74, 6) is -2.25. The van der Waals surface area contributed by atoms with Crippen LogP contribution in [-0.4, -0.2) is 39.7 Å². The average Bonchev–Trinajstić information content (AvgIpc) is 3.35. The van der Waals surface area contributed by atoms with E-state index in [1.165, 1.54) is 12.1 Å². The van der Waals surface area contributed by atoms with Crippen LogP contribution < -0.4 is 5.32 Å². The molecule has 0 atom stereocenters. The van der Waals surface area contributed by atoms with Gasteiger partial charge in [-0.1, -0.05) is 12.1 Å². The second-order valence-corrected chi connectivity index (χ2v) is 8.99. The van der Waals surface area contributed by atoms with E-state index in [-0.39, 0.29) is 17.0 Å². The molecule has 1 fully saturated rings. The lowest BCUT2D eigenvalue weighted by atomic mass is 9.89. The molecule has 1 aromatic heterocycles. The number of nitrogens with zero attached hydrogens (tertiary/aromatic N) is 2. The maximum Gasteiger partial charge on any atom is 0.273 e. The number of piperidine rings is 1. The van der Waals surface area contributed by atoms with Crippen molar-refractivity contribution in [2.24, 2.45) is 0 Å². The average molecular weight is 504 g/mol. The third-order valence-corrected chi connectivity index (χ3v) is 6.65. The van der Waals surface area contributed by atoms with Gasteiger partial charge < -0.3 is 15.2 Å². The largest absolute Gasteiger partial charge is 0.361 e. The first-order valence-corrected chi connectivity index (χ1v) is 11.7. The monoisotopic (exact) mass is 504 g/mol. The molecule has 0 saturated carbocycles. The van der Waals surface area contributed by atoms with Crippen LogP contribution in [0.4, 0.5) is 20.2 Å². The van der Waals surface area contributed by atoms with Gasteiger partial charge in [0, 0.05) is 47.5 Å². The Morgan fingerprint density at radius 3 is 2.43 bits per heavy atom. The van der Waals surface area contributed by atoms with Gasteiger partial charge in [-0.15, -0.1) is 0 Å². The molecule has 8 nitrogen and oxygen atoms in total. The van der Waals surface area contributed by atoms with Crippen molar-refractivity contribution in [2.75, 3.05) is 18.4 Å². The number of benzene rings is 3. The van der Waals surface area contributed by atoms with Gasteiger partial charge in [-0.25, -0.2) is 8.78 Å². The summed E-state index contributed by atoms with van der Waals surface area (Å²) in [6.07, 6.45) is 3.01. The van der Waals surface area contributed by atoms with E-state index < -0.39 is 34.1 Å². The second-order valence-electron chi connectivity index (χ2n) is 8.99. The Bertz CT molecular complexity index is 1510. The number of anilines is 1. The first-order chi connectivity index (χ1) is 17.8. The highest BCUT2D eigenvalue weighted by Gasteiger charge is 2.26. The third kappa shape index (κ3) is 5.04. The number of nitro groups is 1. The van der Waals surface area contributed by atoms with Gasteiger partial charge in [0.25, 0.3) is 17.5 Å². The van der Waals surface area contributed by atoms with Crippen LogP contribution in [0.25, 0.3) is 10.9 Å². The van der Waals surface area contributed by atoms with E-state index in [1.807, 2.05) is 12.1 Å². The smallest absolute Gasteiger partial charge is 0.273 e. The fourth-order valence-corrected chi connectivity index (χ4v) is 4.69. The van der Waals surface area contributed by atoms with Gasteiger partial charge in [-0.3, -0.25) is 19.7 Å². The van der Waals surface area contributed by atoms with Gasteiger partial charge in [0.1, 0.15) is 11.6 Å². The van der Waals surface area contributed by atoms with E-state index in [0.717, 1.165) is 29.1 Å². The van der Waals surface area contributed by atoms with Gasteiger partial charge in [0.2, 0.25) is 0 Å². The molecule has 1 saturated heterocycles. The van der Waals surface area contributed by atoms with Crippen molar-refractivity contribution in [3.05, 3.63) is 105 Å². The van der Waals surface area contributed by atoms with E-state index in [2.05, 4.69) is 10.3 Å². The zero-order chi connectivity index (χ0) is 26.1. The van der Waals surface area contributed by atoms with Crippen molar-refractivity contribution >= 4 is 34.1 Å². The molecule has 1 aliphatic rings. The lowest BCUT2D eigenvalue weighted by molar-refractivity contribution is -0.385. The molecular formula is C27H22F2N4O4. The lowest BCUT2D eigenvalue weighted by Gasteiger charge is -2.32. The van der Waals surface area contributed by atoms with Crippen molar-refractivity contribution in [3.8, 4) is 0 Å². The fraction of sp³-hybridized carbons (Fsp3) is 0.185. The number of fused-ring (bicyclic) bond motifs is 1. The first-order valence-electron chi connectivity index (χ1n) is 11.7. The zero-order valence-corrected chi connectivity index (χ0v) is 19.5. The number of hydrogen-bond acceptors (Lipinski definition) is 4. The Labute approximate surface area is 210 Å². The highest BCUT2D eigenvalue weighted by atomic mass is 19.1. The summed E-state index contributed by atoms with van der Waals surface area (Å²) >= 11 is 0. The summed E-state index contributed by atoms with van der Waals surface area (Å²) in [5.41, 5.74) is 1.63. The Kier molecular flexibility index (Phi) is 6.39. The minimum absolute atomic E-state index is 0.0441. The highest BCUT2D eigenvalue weighted by Crippen LogP contribution is 2.30. The maximum absolute atomic E-state index is 14.4. The molecule has 4 aromatic rings. The lowest BCUT2D eigenvalue weighted by Crippen LogP contribution is -2.38. The molecule has 3 aromatic carbocycles. The number of rotatable bonds is 5. The number of nitrogens with one attached hydrogen (secondary N) is 2. The number of H-pyrrole nitrogens is 1. The van der Waals surface area contributed by atoms with Gasteiger partial charge in [0.15, 0.2) is 0 Å². The summed E-state index contributed by atoms with van der Waals surface area (Å²) in [7, 11) is 0. The minimum Gasteiger partial charge on any atom is -0.361 e. The summed E-state index contributed by atoms with van der Waals surface area (Å²) < 4.78 is 28.1. The van der Waals surface area contributed by atoms with Gasteiger partial charge in [0.05, 0.1) is 16.6 Å². The summed E-state index contributed by atoms with van der Waals surface area (Å²) in [4.78, 5) is 40.1. The topological polar surface area (TPSA) is 108 Å². The number of aromatic nitrogens is 1. The number of likely N-dealkylation sites (tertiary alicyclic amines) is 1. The number of carbonyl (C=O) groups excluding carboxylic acids is 2. The molecule has 0 unspecified atom stereocenters. The van der Waals surface area contributed by atoms with Crippen LogP contribution in [0.5, 0.6) is 0 Å². The first kappa shape index (κ1) is 24.1. The zero-order valence-electron chi connectivity index (χ0n) is 19.5. The molecule has 0 bridgehead atoms. The Hall–Kier alpha value is -4.60. The van der Waals surface area contributed by atoms with Crippen molar-refractivity contribution in [3.63, 3.8) is 0 Å². The van der Waals surface area contributed by atoms with Crippen molar-refractivity contribution in [1.29, 1.82) is 0 Å². The van der Waals surface area contributed by atoms with Crippen LogP contribution in [0.3, 0.4) is 0 Å². The van der Waals surface area contributed by atoms with E-state index in [1.54, 1.807) is 29.3 Å². The fourth-order valence-electron chi connectivity index (χ4n) is 4.69. The molecule has 0 aliphatic carbocycles. The van der Waals surface area contributed by atoms with Crippen molar-refractivity contribution < 1.29 is 23.3 Å². The summed E-state index contributed by atoms with van der Waals surface area (Å²) in [6, 6.07) is 14.7. The molecule has 188 valence electrons. The number of nitro benzene ring substituents is 1. The molecule has 1 aliphatic heterocycles. The normalized spacial score (nSPS) is 14.1. The number of aromatic amines is 1. The third-order valence-electron chi connectivity index (χ3n) is 6.65. The number of non-ortho nitro benzene ring substituents is 1. The van der Waals surface area contributed by atoms with Crippen LogP contribution in [-0.2, 0) is 0 Å². The highest BCUT2D eigenvalue weighted by molar-refractivity contribution is 6.06. The summed E-state index contributed by atoms with van der Waals surface area (Å²) in [6.45, 7) is 0.848. The van der Waals surface area contributed by atoms with Crippen LogP contribution >= 0.6 is 0 Å². The predicted octanol–water partition coefficient (Wildman–Crippen LogP) is 5.63. The van der Waals surface area contributed by atoms with E-state index >= 15 is 0 Å². The Balaban J connectivity index is 1.20. The number of hydrogen-bond donors (Lipinski definition) is 2. The SMILES string of the molecule is O=C(Nc1ccc(C2CCN(C(=O)c3cc(F)cc([N+](=O)[O-])c3)CC2)cc1)c1cc2cc[nH]c2cc1F. The van der Waals surface area contributed by atoms with Crippen LogP contribution in [0, 0.1) is 21.7 Å². The van der Waals surface area contributed by atoms with E-state index in [4.69, 9.17) is 0 Å². The van der Waals surface area contributed by atoms with Gasteiger partial charge >= 0.3 is 0 Å². The molecule has 5 rings (SSSR count). The number of carbonyl (C=O) groups is 2. The van der Waals surface area contributed by atoms with Crippen molar-refractivity contribution in [1.82, 2.24) is 9.88 Å². The second kappa shape index (κ2) is 9.81. The Morgan fingerprint density at radius 1 is 1.00 bits per heavy atom. The molecule has 2 heterocycles. The van der Waals surface area contributed by atoms with Crippen LogP contribution in [0.15, 0.2) is 66.9 Å². The van der Waals surface area contributed by atoms with Crippen LogP contribution in [0.1, 0.15) is 45.0 Å². The molecule has 0 radical (unpaired) electrons.